The molecule has 1 fully saturated rings. The summed E-state index contributed by atoms with van der Waals surface area (Å²) < 4.78 is 0. The normalized spacial score (nSPS) is 14.9. The number of hydrogen-bond donors (Lipinski definition) is 2. The lowest BCUT2D eigenvalue weighted by atomic mass is 10.1. The number of halogens is 2. The van der Waals surface area contributed by atoms with Gasteiger partial charge in [0.05, 0.1) is 6.54 Å². The molecule has 1 aliphatic heterocycles. The second-order valence-electron chi connectivity index (χ2n) is 6.53. The number of rotatable bonds is 4. The zero-order valence-electron chi connectivity index (χ0n) is 15.9. The summed E-state index contributed by atoms with van der Waals surface area (Å²) in [6.45, 7) is 9.70. The number of carbonyl (C=O) groups excluding carboxylic acids is 1. The van der Waals surface area contributed by atoms with Crippen molar-refractivity contribution < 1.29 is 4.79 Å². The molecule has 0 atom stereocenters. The van der Waals surface area contributed by atoms with Crippen LogP contribution in [0, 0.1) is 6.92 Å². The molecule has 1 heterocycles. The molecule has 1 aromatic carbocycles. The third-order valence-electron chi connectivity index (χ3n) is 4.16. The van der Waals surface area contributed by atoms with Crippen molar-refractivity contribution in [2.24, 2.45) is 4.99 Å². The first kappa shape index (κ1) is 22.8. The molecule has 26 heavy (non-hydrogen) atoms. The molecule has 1 aromatic rings. The molecule has 1 saturated heterocycles. The van der Waals surface area contributed by atoms with Gasteiger partial charge in [0.2, 0.25) is 5.91 Å². The summed E-state index contributed by atoms with van der Waals surface area (Å²) in [7, 11) is 1.75. The zero-order valence-corrected chi connectivity index (χ0v) is 19.0. The monoisotopic (exact) mass is 493 g/mol. The van der Waals surface area contributed by atoms with Gasteiger partial charge in [0.15, 0.2) is 5.96 Å². The van der Waals surface area contributed by atoms with E-state index in [1.54, 1.807) is 7.05 Å². The summed E-state index contributed by atoms with van der Waals surface area (Å²) in [6.07, 6.45) is 0. The summed E-state index contributed by atoms with van der Waals surface area (Å²) in [5.41, 5.74) is 2.41. The van der Waals surface area contributed by atoms with Crippen molar-refractivity contribution in [3.05, 3.63) is 28.8 Å². The van der Waals surface area contributed by atoms with Crippen molar-refractivity contribution in [1.29, 1.82) is 0 Å². The van der Waals surface area contributed by atoms with E-state index in [-0.39, 0.29) is 42.5 Å². The molecule has 0 unspecified atom stereocenters. The van der Waals surface area contributed by atoms with Gasteiger partial charge in [-0.05, 0) is 38.5 Å². The molecule has 2 N–H and O–H groups in total. The maximum absolute atomic E-state index is 11.8. The molecule has 146 valence electrons. The minimum Gasteiger partial charge on any atom is -0.368 e. The van der Waals surface area contributed by atoms with Gasteiger partial charge in [0.25, 0.3) is 0 Å². The van der Waals surface area contributed by atoms with Crippen LogP contribution in [0.4, 0.5) is 5.69 Å². The molecule has 1 amide bonds. The van der Waals surface area contributed by atoms with Crippen molar-refractivity contribution in [3.8, 4) is 0 Å². The van der Waals surface area contributed by atoms with Crippen molar-refractivity contribution in [2.45, 2.75) is 26.8 Å². The second-order valence-corrected chi connectivity index (χ2v) is 6.96. The molecule has 0 radical (unpaired) electrons. The molecule has 0 spiro atoms. The number of anilines is 1. The summed E-state index contributed by atoms with van der Waals surface area (Å²) in [5.74, 6) is 0.741. The Labute approximate surface area is 178 Å². The van der Waals surface area contributed by atoms with Gasteiger partial charge in [0.1, 0.15) is 0 Å². The number of nitrogens with one attached hydrogen (secondary N) is 2. The van der Waals surface area contributed by atoms with Gasteiger partial charge in [-0.3, -0.25) is 9.79 Å². The number of guanidine groups is 1. The Hall–Kier alpha value is -1.22. The van der Waals surface area contributed by atoms with E-state index in [2.05, 4.69) is 38.4 Å². The first-order valence-electron chi connectivity index (χ1n) is 8.66. The van der Waals surface area contributed by atoms with E-state index in [1.165, 1.54) is 11.3 Å². The Morgan fingerprint density at radius 1 is 1.27 bits per heavy atom. The van der Waals surface area contributed by atoms with Crippen molar-refractivity contribution in [3.63, 3.8) is 0 Å². The number of aliphatic imine (C=N–C) groups is 1. The van der Waals surface area contributed by atoms with Crippen molar-refractivity contribution >= 4 is 53.1 Å². The molecule has 0 aromatic heterocycles. The number of aryl methyl sites for hydroxylation is 1. The highest BCUT2D eigenvalue weighted by Crippen LogP contribution is 2.25. The fourth-order valence-corrected chi connectivity index (χ4v) is 3.11. The molecule has 0 bridgehead atoms. The molecule has 6 nitrogen and oxygen atoms in total. The third-order valence-corrected chi connectivity index (χ3v) is 4.39. The number of piperazine rings is 1. The molecular weight excluding hydrogens is 465 g/mol. The number of benzene rings is 1. The summed E-state index contributed by atoms with van der Waals surface area (Å²) >= 11 is 6.14. The van der Waals surface area contributed by atoms with E-state index >= 15 is 0 Å². The predicted octanol–water partition coefficient (Wildman–Crippen LogP) is 2.49. The van der Waals surface area contributed by atoms with E-state index in [9.17, 15) is 4.79 Å². The van der Waals surface area contributed by atoms with Gasteiger partial charge in [-0.15, -0.1) is 24.0 Å². The minimum absolute atomic E-state index is 0. The van der Waals surface area contributed by atoms with Gasteiger partial charge < -0.3 is 20.4 Å². The van der Waals surface area contributed by atoms with Crippen LogP contribution in [0.2, 0.25) is 5.02 Å². The minimum atomic E-state index is -0.0238. The van der Waals surface area contributed by atoms with E-state index in [0.717, 1.165) is 37.2 Å². The number of hydrogen-bond acceptors (Lipinski definition) is 3. The first-order chi connectivity index (χ1) is 11.9. The highest BCUT2D eigenvalue weighted by atomic mass is 127. The lowest BCUT2D eigenvalue weighted by Gasteiger charge is -2.38. The predicted molar refractivity (Wildman–Crippen MR) is 120 cm³/mol. The number of nitrogens with zero attached hydrogens (tertiary/aromatic N) is 3. The standard InChI is InChI=1S/C18H28ClN5O.HI/c1-13(2)22-17(25)12-21-18(20-4)24-9-7-23(8-10-24)16-11-15(19)6-5-14(16)3;/h5-6,11,13H,7-10,12H2,1-4H3,(H,20,21)(H,22,25);1H. The van der Waals surface area contributed by atoms with Crippen LogP contribution >= 0.6 is 35.6 Å². The summed E-state index contributed by atoms with van der Waals surface area (Å²) in [4.78, 5) is 20.6. The SMILES string of the molecule is CN=C(NCC(=O)NC(C)C)N1CCN(c2cc(Cl)ccc2C)CC1.I. The first-order valence-corrected chi connectivity index (χ1v) is 9.04. The van der Waals surface area contributed by atoms with Crippen LogP contribution in [0.1, 0.15) is 19.4 Å². The molecule has 1 aliphatic rings. The van der Waals surface area contributed by atoms with Gasteiger partial charge in [0, 0.05) is 50.0 Å². The lowest BCUT2D eigenvalue weighted by Crippen LogP contribution is -2.54. The average Bonchev–Trinajstić information content (AvgIpc) is 2.57. The van der Waals surface area contributed by atoms with Crippen LogP contribution < -0.4 is 15.5 Å². The summed E-state index contributed by atoms with van der Waals surface area (Å²) in [5, 5.41) is 6.77. The fraction of sp³-hybridized carbons (Fsp3) is 0.556. The van der Waals surface area contributed by atoms with Gasteiger partial charge in [-0.2, -0.15) is 0 Å². The Balaban J connectivity index is 0.00000338. The van der Waals surface area contributed by atoms with E-state index in [4.69, 9.17) is 11.6 Å². The molecule has 0 saturated carbocycles. The Morgan fingerprint density at radius 3 is 2.50 bits per heavy atom. The molecule has 2 rings (SSSR count). The van der Waals surface area contributed by atoms with Crippen LogP contribution in [0.5, 0.6) is 0 Å². The van der Waals surface area contributed by atoms with Crippen LogP contribution in [0.25, 0.3) is 0 Å². The van der Waals surface area contributed by atoms with Gasteiger partial charge in [-0.1, -0.05) is 17.7 Å². The zero-order chi connectivity index (χ0) is 18.4. The molecule has 0 aliphatic carbocycles. The molecular formula is C18H29ClIN5O. The number of amides is 1. The van der Waals surface area contributed by atoms with E-state index in [0.29, 0.717) is 0 Å². The second kappa shape index (κ2) is 10.8. The van der Waals surface area contributed by atoms with Crippen molar-refractivity contribution in [2.75, 3.05) is 44.7 Å². The highest BCUT2D eigenvalue weighted by molar-refractivity contribution is 14.0. The largest absolute Gasteiger partial charge is 0.368 e. The lowest BCUT2D eigenvalue weighted by molar-refractivity contribution is -0.120. The topological polar surface area (TPSA) is 60.0 Å². The fourth-order valence-electron chi connectivity index (χ4n) is 2.95. The van der Waals surface area contributed by atoms with Crippen LogP contribution in [-0.4, -0.2) is 62.6 Å². The Kier molecular flexibility index (Phi) is 9.49. The number of carbonyl (C=O) groups is 1. The van der Waals surface area contributed by atoms with E-state index in [1.807, 2.05) is 26.0 Å². The maximum atomic E-state index is 11.8. The van der Waals surface area contributed by atoms with Crippen LogP contribution in [0.3, 0.4) is 0 Å². The summed E-state index contributed by atoms with van der Waals surface area (Å²) in [6, 6.07) is 6.14. The van der Waals surface area contributed by atoms with E-state index < -0.39 is 0 Å². The van der Waals surface area contributed by atoms with Gasteiger partial charge >= 0.3 is 0 Å². The Morgan fingerprint density at radius 2 is 1.92 bits per heavy atom. The Bertz CT molecular complexity index is 630. The van der Waals surface area contributed by atoms with Crippen LogP contribution in [-0.2, 0) is 4.79 Å². The average molecular weight is 494 g/mol. The van der Waals surface area contributed by atoms with Crippen LogP contribution in [0.15, 0.2) is 23.2 Å². The smallest absolute Gasteiger partial charge is 0.239 e. The quantitative estimate of drug-likeness (QED) is 0.384. The highest BCUT2D eigenvalue weighted by Gasteiger charge is 2.21. The van der Waals surface area contributed by atoms with Crippen molar-refractivity contribution in [1.82, 2.24) is 15.5 Å². The third kappa shape index (κ3) is 6.50. The maximum Gasteiger partial charge on any atom is 0.239 e. The molecule has 8 heteroatoms. The van der Waals surface area contributed by atoms with Gasteiger partial charge in [-0.25, -0.2) is 0 Å².